The van der Waals surface area contributed by atoms with E-state index in [9.17, 15) is 8.42 Å². The molecule has 0 aliphatic carbocycles. The van der Waals surface area contributed by atoms with Crippen LogP contribution in [-0.2, 0) is 21.4 Å². The number of nitrogens with one attached hydrogen (secondary N) is 1. The highest BCUT2D eigenvalue weighted by Gasteiger charge is 2.20. The van der Waals surface area contributed by atoms with Crippen LogP contribution in [0, 0.1) is 6.92 Å². The van der Waals surface area contributed by atoms with Gasteiger partial charge in [-0.05, 0) is 37.3 Å². The summed E-state index contributed by atoms with van der Waals surface area (Å²) < 4.78 is 33.9. The molecule has 5 nitrogen and oxygen atoms in total. The fraction of sp³-hybridized carbons (Fsp3) is 0.0952. The van der Waals surface area contributed by atoms with Crippen LogP contribution in [-0.4, -0.2) is 14.3 Å². The maximum absolute atomic E-state index is 12.8. The van der Waals surface area contributed by atoms with Gasteiger partial charge in [0, 0.05) is 5.56 Å². The lowest BCUT2D eigenvalue weighted by Gasteiger charge is -2.19. The number of aliphatic imine (C=N–C) groups is 1. The molecule has 4 rings (SSSR count). The summed E-state index contributed by atoms with van der Waals surface area (Å²) in [5, 5.41) is 0. The van der Waals surface area contributed by atoms with Crippen LogP contribution in [0.15, 0.2) is 82.7 Å². The highest BCUT2D eigenvalue weighted by atomic mass is 32.2. The van der Waals surface area contributed by atoms with Crippen molar-refractivity contribution in [2.75, 3.05) is 4.72 Å². The predicted molar refractivity (Wildman–Crippen MR) is 106 cm³/mol. The van der Waals surface area contributed by atoms with Gasteiger partial charge < -0.3 is 4.74 Å². The van der Waals surface area contributed by atoms with E-state index in [1.54, 1.807) is 42.5 Å². The van der Waals surface area contributed by atoms with Crippen LogP contribution in [0.2, 0.25) is 0 Å². The number of hydrogen-bond acceptors (Lipinski definition) is 4. The summed E-state index contributed by atoms with van der Waals surface area (Å²) in [5.74, 6) is 0.399. The van der Waals surface area contributed by atoms with Gasteiger partial charge in [-0.3, -0.25) is 4.72 Å². The van der Waals surface area contributed by atoms with Gasteiger partial charge in [0.25, 0.3) is 10.0 Å². The molecule has 0 aromatic heterocycles. The first-order valence-electron chi connectivity index (χ1n) is 8.51. The average Bonchev–Trinajstić information content (AvgIpc) is 2.68. The molecule has 1 N–H and O–H groups in total. The summed E-state index contributed by atoms with van der Waals surface area (Å²) in [6.45, 7) is 2.31. The minimum absolute atomic E-state index is 0.208. The normalized spacial score (nSPS) is 13.3. The summed E-state index contributed by atoms with van der Waals surface area (Å²) in [5.41, 5.74) is 3.85. The molecule has 1 aliphatic heterocycles. The molecule has 0 fully saturated rings. The molecule has 1 heterocycles. The van der Waals surface area contributed by atoms with Gasteiger partial charge in [-0.2, -0.15) is 0 Å². The molecule has 0 saturated carbocycles. The van der Waals surface area contributed by atoms with Gasteiger partial charge in [-0.1, -0.05) is 48.0 Å². The molecule has 0 atom stereocenters. The van der Waals surface area contributed by atoms with E-state index in [4.69, 9.17) is 4.74 Å². The summed E-state index contributed by atoms with van der Waals surface area (Å²) in [6, 6.07) is 21.5. The first-order chi connectivity index (χ1) is 13.0. The summed E-state index contributed by atoms with van der Waals surface area (Å²) in [7, 11) is -3.71. The van der Waals surface area contributed by atoms with Crippen LogP contribution in [0.4, 0.5) is 11.4 Å². The Bertz CT molecular complexity index is 1120. The zero-order valence-electron chi connectivity index (χ0n) is 14.7. The van der Waals surface area contributed by atoms with Gasteiger partial charge in [0.15, 0.2) is 0 Å². The largest absolute Gasteiger partial charge is 0.472 e. The van der Waals surface area contributed by atoms with Crippen molar-refractivity contribution in [3.63, 3.8) is 0 Å². The number of para-hydroxylation sites is 2. The van der Waals surface area contributed by atoms with Gasteiger partial charge in [-0.25, -0.2) is 13.4 Å². The van der Waals surface area contributed by atoms with Crippen molar-refractivity contribution in [2.45, 2.75) is 18.4 Å². The Morgan fingerprint density at radius 1 is 0.926 bits per heavy atom. The molecule has 0 bridgehead atoms. The molecule has 136 valence electrons. The van der Waals surface area contributed by atoms with Crippen molar-refractivity contribution in [3.05, 3.63) is 89.5 Å². The molecular weight excluding hydrogens is 360 g/mol. The van der Waals surface area contributed by atoms with Gasteiger partial charge >= 0.3 is 0 Å². The third-order valence-corrected chi connectivity index (χ3v) is 5.69. The molecule has 6 heteroatoms. The standard InChI is InChI=1S/C21H18N2O3S/c1-15-10-12-17(13-11-15)27(24,25)23-20-9-5-3-7-18(20)21-22-19-8-4-2-6-16(19)14-26-21/h2-13,23H,14H2,1H3. The van der Waals surface area contributed by atoms with Crippen LogP contribution in [0.1, 0.15) is 16.7 Å². The monoisotopic (exact) mass is 378 g/mol. The molecule has 3 aromatic rings. The Kier molecular flexibility index (Phi) is 4.41. The Balaban J connectivity index is 1.70. The second-order valence-corrected chi connectivity index (χ2v) is 7.98. The van der Waals surface area contributed by atoms with Gasteiger partial charge in [0.05, 0.1) is 21.8 Å². The zero-order chi connectivity index (χ0) is 18.9. The topological polar surface area (TPSA) is 67.8 Å². The number of sulfonamides is 1. The number of rotatable bonds is 4. The average molecular weight is 378 g/mol. The van der Waals surface area contributed by atoms with Crippen LogP contribution >= 0.6 is 0 Å². The van der Waals surface area contributed by atoms with Crippen LogP contribution in [0.25, 0.3) is 0 Å². The van der Waals surface area contributed by atoms with E-state index in [2.05, 4.69) is 9.71 Å². The van der Waals surface area contributed by atoms with Crippen molar-refractivity contribution in [1.29, 1.82) is 0 Å². The predicted octanol–water partition coefficient (Wildman–Crippen LogP) is 4.40. The molecule has 0 radical (unpaired) electrons. The molecule has 0 amide bonds. The second kappa shape index (κ2) is 6.89. The lowest BCUT2D eigenvalue weighted by atomic mass is 10.1. The van der Waals surface area contributed by atoms with Gasteiger partial charge in [-0.15, -0.1) is 0 Å². The zero-order valence-corrected chi connectivity index (χ0v) is 15.5. The number of ether oxygens (including phenoxy) is 1. The van der Waals surface area contributed by atoms with Gasteiger partial charge in [0.1, 0.15) is 6.61 Å². The first kappa shape index (κ1) is 17.3. The minimum Gasteiger partial charge on any atom is -0.472 e. The fourth-order valence-corrected chi connectivity index (χ4v) is 3.93. The van der Waals surface area contributed by atoms with Crippen molar-refractivity contribution < 1.29 is 13.2 Å². The lowest BCUT2D eigenvalue weighted by Crippen LogP contribution is -2.18. The minimum atomic E-state index is -3.71. The van der Waals surface area contributed by atoms with Crippen molar-refractivity contribution in [1.82, 2.24) is 0 Å². The van der Waals surface area contributed by atoms with E-state index >= 15 is 0 Å². The Hall–Kier alpha value is -3.12. The van der Waals surface area contributed by atoms with E-state index in [0.29, 0.717) is 23.8 Å². The summed E-state index contributed by atoms with van der Waals surface area (Å²) in [4.78, 5) is 4.76. The van der Waals surface area contributed by atoms with E-state index < -0.39 is 10.0 Å². The fourth-order valence-electron chi connectivity index (χ4n) is 2.85. The Labute approximate surface area is 158 Å². The van der Waals surface area contributed by atoms with Crippen molar-refractivity contribution in [3.8, 4) is 0 Å². The van der Waals surface area contributed by atoms with Crippen molar-refractivity contribution >= 4 is 27.3 Å². The highest BCUT2D eigenvalue weighted by molar-refractivity contribution is 7.92. The van der Waals surface area contributed by atoms with E-state index in [-0.39, 0.29) is 4.90 Å². The molecule has 0 saturated heterocycles. The van der Waals surface area contributed by atoms with Crippen LogP contribution in [0.3, 0.4) is 0 Å². The molecule has 27 heavy (non-hydrogen) atoms. The third-order valence-electron chi connectivity index (χ3n) is 4.31. The molecule has 1 aliphatic rings. The summed E-state index contributed by atoms with van der Waals surface area (Å²) >= 11 is 0. The summed E-state index contributed by atoms with van der Waals surface area (Å²) in [6.07, 6.45) is 0. The molecular formula is C21H18N2O3S. The number of hydrogen-bond donors (Lipinski definition) is 1. The Morgan fingerprint density at radius 3 is 2.44 bits per heavy atom. The third kappa shape index (κ3) is 3.57. The first-order valence-corrected chi connectivity index (χ1v) is 9.99. The number of fused-ring (bicyclic) bond motifs is 1. The van der Waals surface area contributed by atoms with E-state index in [0.717, 1.165) is 16.8 Å². The number of aryl methyl sites for hydroxylation is 1. The maximum Gasteiger partial charge on any atom is 0.261 e. The SMILES string of the molecule is Cc1ccc(S(=O)(=O)Nc2ccccc2C2=Nc3ccccc3CO2)cc1. The van der Waals surface area contributed by atoms with E-state index in [1.165, 1.54) is 0 Å². The second-order valence-electron chi connectivity index (χ2n) is 6.30. The lowest BCUT2D eigenvalue weighted by molar-refractivity contribution is 0.288. The van der Waals surface area contributed by atoms with Crippen LogP contribution < -0.4 is 4.72 Å². The molecule has 3 aromatic carbocycles. The van der Waals surface area contributed by atoms with Crippen molar-refractivity contribution in [2.24, 2.45) is 4.99 Å². The highest BCUT2D eigenvalue weighted by Crippen LogP contribution is 2.29. The van der Waals surface area contributed by atoms with Gasteiger partial charge in [0.2, 0.25) is 5.90 Å². The van der Waals surface area contributed by atoms with E-state index in [1.807, 2.05) is 37.3 Å². The number of anilines is 1. The molecule has 0 unspecified atom stereocenters. The quantitative estimate of drug-likeness (QED) is 0.731. The molecule has 0 spiro atoms. The Morgan fingerprint density at radius 2 is 1.63 bits per heavy atom. The number of benzene rings is 3. The smallest absolute Gasteiger partial charge is 0.261 e. The number of nitrogens with zero attached hydrogens (tertiary/aromatic N) is 1. The maximum atomic E-state index is 12.8. The van der Waals surface area contributed by atoms with Crippen LogP contribution in [0.5, 0.6) is 0 Å².